The molecule has 1 atom stereocenters. The maximum absolute atomic E-state index is 12.9. The van der Waals surface area contributed by atoms with Gasteiger partial charge in [0.1, 0.15) is 25.9 Å². The molecule has 0 saturated carbocycles. The number of benzene rings is 4. The third-order valence-electron chi connectivity index (χ3n) is 6.47. The fourth-order valence-corrected chi connectivity index (χ4v) is 5.77. The van der Waals surface area contributed by atoms with Crippen molar-refractivity contribution in [1.82, 2.24) is 0 Å². The molecule has 47 heavy (non-hydrogen) atoms. The molecule has 0 fully saturated rings. The number of nitrogen functional groups attached to an aromatic ring is 2. The first-order valence-corrected chi connectivity index (χ1v) is 15.7. The molecule has 0 radical (unpaired) electrons. The minimum Gasteiger partial charge on any atom is -0.744 e. The number of hydrogen-bond acceptors (Lipinski definition) is 14. The van der Waals surface area contributed by atoms with Crippen LogP contribution in [0.5, 0.6) is 0 Å². The van der Waals surface area contributed by atoms with Crippen LogP contribution in [-0.4, -0.2) is 43.6 Å². The number of anilines is 3. The number of hydrazone groups is 1. The molecule has 1 amide bonds. The van der Waals surface area contributed by atoms with Gasteiger partial charge >= 0.3 is 59.1 Å². The zero-order valence-electron chi connectivity index (χ0n) is 25.2. The fraction of sp³-hybridized carbons (Fsp3) is 0.0714. The minimum atomic E-state index is -5.25. The largest absolute Gasteiger partial charge is 1.00 e. The van der Waals surface area contributed by atoms with Gasteiger partial charge in [0.05, 0.1) is 38.3 Å². The van der Waals surface area contributed by atoms with Gasteiger partial charge in [0, 0.05) is 16.8 Å². The van der Waals surface area contributed by atoms with Crippen molar-refractivity contribution in [3.63, 3.8) is 0 Å². The first-order chi connectivity index (χ1) is 21.2. The van der Waals surface area contributed by atoms with Crippen molar-refractivity contribution in [2.45, 2.75) is 22.8 Å². The summed E-state index contributed by atoms with van der Waals surface area (Å²) in [4.78, 5) is 11.2. The smallest absolute Gasteiger partial charge is 0.744 e. The number of para-hydroxylation sites is 1. The number of carbonyl (C=O) groups excluding carboxylic acids is 1. The molecule has 0 aliphatic carbocycles. The molecule has 0 aromatic heterocycles. The Kier molecular flexibility index (Phi) is 12.4. The SMILES string of the molecule is CC1=NN(c2ccccc2)C(=O)C1N=Nc1ccc(-c2ccc(N=Nc3ccc(N)cc3N)cc2S(=O)(=O)[O-])c(S(=O)(=O)[O-])c1.[Na+].[Na+]. The average Bonchev–Trinajstić information content (AvgIpc) is 3.27. The van der Waals surface area contributed by atoms with Gasteiger partial charge in [0.25, 0.3) is 5.91 Å². The van der Waals surface area contributed by atoms with Gasteiger partial charge in [-0.05, 0) is 61.5 Å². The van der Waals surface area contributed by atoms with E-state index in [1.54, 1.807) is 37.3 Å². The predicted octanol–water partition coefficient (Wildman–Crippen LogP) is -1.38. The molecule has 1 aliphatic rings. The van der Waals surface area contributed by atoms with Crippen LogP contribution in [0, 0.1) is 0 Å². The standard InChI is InChI=1S/C28H24N8O7S2.2Na/c1-16-27(28(37)36(35-16)20-5-3-2-4-6-20)34-32-19-9-11-22(26(15-19)45(41,42)43)21-10-8-18(14-25(21)44(38,39)40)31-33-24-12-7-17(29)13-23(24)30;;/h2-15,27H,29-30H2,1H3,(H,38,39,40)(H,41,42,43);;/q;2*+1/p-2. The number of rotatable bonds is 8. The summed E-state index contributed by atoms with van der Waals surface area (Å²) >= 11 is 0. The summed E-state index contributed by atoms with van der Waals surface area (Å²) in [6.45, 7) is 1.57. The first-order valence-electron chi connectivity index (χ1n) is 12.8. The second-order valence-corrected chi connectivity index (χ2v) is 12.3. The Morgan fingerprint density at radius 2 is 1.30 bits per heavy atom. The van der Waals surface area contributed by atoms with E-state index in [-0.39, 0.29) is 93.0 Å². The van der Waals surface area contributed by atoms with Crippen LogP contribution in [0.4, 0.5) is 34.1 Å². The summed E-state index contributed by atoms with van der Waals surface area (Å²) in [5.41, 5.74) is 12.2. The normalized spacial score (nSPS) is 15.0. The monoisotopic (exact) mass is 692 g/mol. The van der Waals surface area contributed by atoms with Gasteiger partial charge in [0.2, 0.25) is 0 Å². The molecule has 19 heteroatoms. The Morgan fingerprint density at radius 3 is 1.83 bits per heavy atom. The van der Waals surface area contributed by atoms with Gasteiger partial charge in [-0.15, -0.1) is 5.11 Å². The third kappa shape index (κ3) is 8.76. The van der Waals surface area contributed by atoms with E-state index in [0.717, 1.165) is 29.3 Å². The third-order valence-corrected chi connectivity index (χ3v) is 8.22. The molecule has 15 nitrogen and oxygen atoms in total. The average molecular weight is 693 g/mol. The van der Waals surface area contributed by atoms with Crippen LogP contribution < -0.4 is 75.6 Å². The molecular weight excluding hydrogens is 670 g/mol. The molecule has 1 unspecified atom stereocenters. The van der Waals surface area contributed by atoms with Crippen molar-refractivity contribution in [2.75, 3.05) is 16.5 Å². The number of nitrogens with two attached hydrogens (primary N) is 2. The Hall–Kier alpha value is -3.36. The van der Waals surface area contributed by atoms with Gasteiger partial charge in [-0.3, -0.25) is 4.79 Å². The zero-order valence-corrected chi connectivity index (χ0v) is 30.8. The van der Waals surface area contributed by atoms with E-state index in [9.17, 15) is 30.7 Å². The molecule has 230 valence electrons. The summed E-state index contributed by atoms with van der Waals surface area (Å²) in [6, 6.07) is 18.4. The maximum atomic E-state index is 12.9. The predicted molar refractivity (Wildman–Crippen MR) is 163 cm³/mol. The Morgan fingerprint density at radius 1 is 0.745 bits per heavy atom. The molecular formula is C28H22N8Na2O7S2. The van der Waals surface area contributed by atoms with Gasteiger partial charge < -0.3 is 20.6 Å². The number of amides is 1. The van der Waals surface area contributed by atoms with Crippen LogP contribution in [0.15, 0.2) is 120 Å². The quantitative estimate of drug-likeness (QED) is 0.0955. The first kappa shape index (κ1) is 38.1. The summed E-state index contributed by atoms with van der Waals surface area (Å²) in [6.07, 6.45) is 0. The van der Waals surface area contributed by atoms with Crippen molar-refractivity contribution >= 4 is 66.0 Å². The van der Waals surface area contributed by atoms with Crippen LogP contribution in [0.25, 0.3) is 11.1 Å². The molecule has 4 N–H and O–H groups in total. The Labute approximate surface area is 314 Å². The van der Waals surface area contributed by atoms with Crippen molar-refractivity contribution in [3.8, 4) is 11.1 Å². The Balaban J connectivity index is 0.00000300. The van der Waals surface area contributed by atoms with E-state index in [2.05, 4.69) is 25.6 Å². The maximum Gasteiger partial charge on any atom is 1.00 e. The van der Waals surface area contributed by atoms with E-state index in [4.69, 9.17) is 11.5 Å². The molecule has 0 spiro atoms. The summed E-state index contributed by atoms with van der Waals surface area (Å²) in [5, 5.41) is 21.2. The topological polar surface area (TPSA) is 249 Å². The van der Waals surface area contributed by atoms with Crippen molar-refractivity contribution in [1.29, 1.82) is 0 Å². The summed E-state index contributed by atoms with van der Waals surface area (Å²) in [5.74, 6) is -0.502. The number of hydrogen-bond donors (Lipinski definition) is 2. The van der Waals surface area contributed by atoms with Crippen LogP contribution >= 0.6 is 0 Å². The molecule has 5 rings (SSSR count). The number of nitrogens with zero attached hydrogens (tertiary/aromatic N) is 6. The molecule has 1 aliphatic heterocycles. The Bertz CT molecular complexity index is 2150. The molecule has 0 saturated heterocycles. The zero-order chi connectivity index (χ0) is 32.5. The van der Waals surface area contributed by atoms with E-state index in [0.29, 0.717) is 17.1 Å². The van der Waals surface area contributed by atoms with Crippen LogP contribution in [-0.2, 0) is 25.0 Å². The van der Waals surface area contributed by atoms with Crippen molar-refractivity contribution in [2.24, 2.45) is 25.6 Å². The minimum absolute atomic E-state index is 0. The number of carbonyl (C=O) groups is 1. The van der Waals surface area contributed by atoms with E-state index in [1.807, 2.05) is 0 Å². The molecule has 0 bridgehead atoms. The fourth-order valence-electron chi connectivity index (χ4n) is 4.35. The van der Waals surface area contributed by atoms with Crippen LogP contribution in [0.2, 0.25) is 0 Å². The molecule has 4 aromatic rings. The summed E-state index contributed by atoms with van der Waals surface area (Å²) < 4.78 is 73.6. The number of azo groups is 2. The van der Waals surface area contributed by atoms with Gasteiger partial charge in [-0.1, -0.05) is 30.3 Å². The molecule has 1 heterocycles. The second kappa shape index (κ2) is 15.2. The van der Waals surface area contributed by atoms with E-state index < -0.39 is 42.0 Å². The van der Waals surface area contributed by atoms with Crippen molar-refractivity contribution in [3.05, 3.63) is 84.9 Å². The van der Waals surface area contributed by atoms with E-state index >= 15 is 0 Å². The van der Waals surface area contributed by atoms with Gasteiger partial charge in [0.15, 0.2) is 6.04 Å². The van der Waals surface area contributed by atoms with Crippen LogP contribution in [0.1, 0.15) is 6.92 Å². The second-order valence-electron chi connectivity index (χ2n) is 9.63. The van der Waals surface area contributed by atoms with E-state index in [1.165, 1.54) is 30.3 Å². The molecule has 4 aromatic carbocycles. The summed E-state index contributed by atoms with van der Waals surface area (Å²) in [7, 11) is -10.5. The van der Waals surface area contributed by atoms with Gasteiger partial charge in [-0.25, -0.2) is 16.8 Å². The van der Waals surface area contributed by atoms with Gasteiger partial charge in [-0.2, -0.15) is 25.5 Å². The van der Waals surface area contributed by atoms with Crippen LogP contribution in [0.3, 0.4) is 0 Å². The van der Waals surface area contributed by atoms with Crippen molar-refractivity contribution < 1.29 is 89.9 Å².